The van der Waals surface area contributed by atoms with Crippen molar-refractivity contribution in [1.82, 2.24) is 9.29 Å². The lowest BCUT2D eigenvalue weighted by molar-refractivity contribution is 0.472. The van der Waals surface area contributed by atoms with E-state index < -0.39 is 15.8 Å². The van der Waals surface area contributed by atoms with E-state index in [9.17, 15) is 12.8 Å². The van der Waals surface area contributed by atoms with E-state index in [1.165, 1.54) is 23.5 Å². The fourth-order valence-corrected chi connectivity index (χ4v) is 3.16. The maximum absolute atomic E-state index is 13.4. The van der Waals surface area contributed by atoms with E-state index in [0.717, 1.165) is 11.6 Å². The maximum atomic E-state index is 13.4. The van der Waals surface area contributed by atoms with Gasteiger partial charge in [-0.15, -0.1) is 0 Å². The highest BCUT2D eigenvalue weighted by molar-refractivity contribution is 7.89. The quantitative estimate of drug-likeness (QED) is 0.852. The summed E-state index contributed by atoms with van der Waals surface area (Å²) in [5, 5.41) is 0. The van der Waals surface area contributed by atoms with Gasteiger partial charge in [0.15, 0.2) is 0 Å². The molecule has 2 rings (SSSR count). The van der Waals surface area contributed by atoms with Crippen molar-refractivity contribution in [3.63, 3.8) is 0 Å². The van der Waals surface area contributed by atoms with Crippen LogP contribution in [0, 0.1) is 5.82 Å². The van der Waals surface area contributed by atoms with Gasteiger partial charge in [-0.3, -0.25) is 4.98 Å². The van der Waals surface area contributed by atoms with Crippen molar-refractivity contribution < 1.29 is 12.8 Å². The highest BCUT2D eigenvalue weighted by Crippen LogP contribution is 2.23. The van der Waals surface area contributed by atoms with E-state index in [1.807, 2.05) is 12.1 Å². The lowest BCUT2D eigenvalue weighted by Crippen LogP contribution is -2.29. The summed E-state index contributed by atoms with van der Waals surface area (Å²) in [6.45, 7) is 0.266. The highest BCUT2D eigenvalue weighted by atomic mass is 32.2. The third-order valence-electron chi connectivity index (χ3n) is 3.17. The zero-order valence-corrected chi connectivity index (χ0v) is 12.3. The van der Waals surface area contributed by atoms with Gasteiger partial charge in [-0.25, -0.2) is 17.1 Å². The molecule has 0 fully saturated rings. The van der Waals surface area contributed by atoms with Crippen LogP contribution in [-0.4, -0.2) is 31.3 Å². The van der Waals surface area contributed by atoms with Crippen molar-refractivity contribution >= 4 is 15.7 Å². The number of nitrogen functional groups attached to an aromatic ring is 1. The Kier molecular flexibility index (Phi) is 4.54. The first-order valence-corrected chi connectivity index (χ1v) is 7.76. The maximum Gasteiger partial charge on any atom is 0.244 e. The lowest BCUT2D eigenvalue weighted by Gasteiger charge is -2.18. The molecule has 21 heavy (non-hydrogen) atoms. The van der Waals surface area contributed by atoms with Crippen LogP contribution in [0.15, 0.2) is 47.6 Å². The van der Waals surface area contributed by atoms with Crippen LogP contribution in [0.3, 0.4) is 0 Å². The summed E-state index contributed by atoms with van der Waals surface area (Å²) in [5.74, 6) is -0.737. The van der Waals surface area contributed by atoms with E-state index in [2.05, 4.69) is 4.98 Å². The van der Waals surface area contributed by atoms with Crippen molar-refractivity contribution in [1.29, 1.82) is 0 Å². The molecule has 5 nitrogen and oxygen atoms in total. The van der Waals surface area contributed by atoms with E-state index >= 15 is 0 Å². The van der Waals surface area contributed by atoms with Crippen molar-refractivity contribution in [2.75, 3.05) is 19.3 Å². The molecule has 0 bridgehead atoms. The van der Waals surface area contributed by atoms with Gasteiger partial charge in [0.25, 0.3) is 0 Å². The van der Waals surface area contributed by atoms with Gasteiger partial charge in [0.1, 0.15) is 10.7 Å². The molecule has 0 aliphatic heterocycles. The fraction of sp³-hybridized carbons (Fsp3) is 0.214. The zero-order chi connectivity index (χ0) is 15.5. The second-order valence-corrected chi connectivity index (χ2v) is 6.60. The van der Waals surface area contributed by atoms with E-state index in [-0.39, 0.29) is 17.1 Å². The van der Waals surface area contributed by atoms with Gasteiger partial charge in [-0.05, 0) is 36.2 Å². The molecule has 2 N–H and O–H groups in total. The molecule has 1 heterocycles. The normalized spacial score (nSPS) is 11.8. The topological polar surface area (TPSA) is 76.3 Å². The molecule has 7 heteroatoms. The zero-order valence-electron chi connectivity index (χ0n) is 11.5. The van der Waals surface area contributed by atoms with Crippen molar-refractivity contribution in [2.24, 2.45) is 0 Å². The van der Waals surface area contributed by atoms with Gasteiger partial charge in [0, 0.05) is 26.0 Å². The van der Waals surface area contributed by atoms with Crippen LogP contribution in [0.2, 0.25) is 0 Å². The Labute approximate surface area is 123 Å². The average molecular weight is 309 g/mol. The molecule has 0 saturated carbocycles. The Morgan fingerprint density at radius 1 is 1.24 bits per heavy atom. The van der Waals surface area contributed by atoms with Crippen LogP contribution >= 0.6 is 0 Å². The number of sulfonamides is 1. The van der Waals surface area contributed by atoms with Crippen molar-refractivity contribution in [3.05, 3.63) is 54.1 Å². The molecule has 1 aromatic heterocycles. The molecule has 0 unspecified atom stereocenters. The van der Waals surface area contributed by atoms with Crippen LogP contribution in [0.4, 0.5) is 10.1 Å². The SMILES string of the molecule is CN(CCc1ccncc1)S(=O)(=O)c1cccc(F)c1N. The first-order chi connectivity index (χ1) is 9.93. The number of hydrogen-bond donors (Lipinski definition) is 1. The van der Waals surface area contributed by atoms with Gasteiger partial charge in [-0.2, -0.15) is 0 Å². The van der Waals surface area contributed by atoms with Crippen LogP contribution in [0.1, 0.15) is 5.56 Å². The monoisotopic (exact) mass is 309 g/mol. The number of anilines is 1. The summed E-state index contributed by atoms with van der Waals surface area (Å²) in [4.78, 5) is 3.69. The number of halogens is 1. The van der Waals surface area contributed by atoms with Crippen molar-refractivity contribution in [2.45, 2.75) is 11.3 Å². The number of benzene rings is 1. The van der Waals surface area contributed by atoms with Crippen LogP contribution in [0.5, 0.6) is 0 Å². The van der Waals surface area contributed by atoms with E-state index in [4.69, 9.17) is 5.73 Å². The smallest absolute Gasteiger partial charge is 0.244 e. The third-order valence-corrected chi connectivity index (χ3v) is 5.08. The van der Waals surface area contributed by atoms with E-state index in [0.29, 0.717) is 6.42 Å². The summed E-state index contributed by atoms with van der Waals surface area (Å²) in [6, 6.07) is 7.39. The van der Waals surface area contributed by atoms with Gasteiger partial charge < -0.3 is 5.73 Å². The summed E-state index contributed by atoms with van der Waals surface area (Å²) in [6.07, 6.45) is 3.83. The number of aromatic nitrogens is 1. The minimum absolute atomic E-state index is 0.209. The number of para-hydroxylation sites is 1. The Balaban J connectivity index is 2.17. The molecular weight excluding hydrogens is 293 g/mol. The molecule has 0 spiro atoms. The van der Waals surface area contributed by atoms with Gasteiger partial charge in [0.2, 0.25) is 10.0 Å². The Morgan fingerprint density at radius 3 is 2.57 bits per heavy atom. The first-order valence-electron chi connectivity index (χ1n) is 6.32. The molecule has 2 aromatic rings. The summed E-state index contributed by atoms with van der Waals surface area (Å²) >= 11 is 0. The van der Waals surface area contributed by atoms with Crippen LogP contribution < -0.4 is 5.73 Å². The highest BCUT2D eigenvalue weighted by Gasteiger charge is 2.24. The first kappa shape index (κ1) is 15.4. The largest absolute Gasteiger partial charge is 0.395 e. The average Bonchev–Trinajstić information content (AvgIpc) is 2.48. The molecule has 0 aliphatic carbocycles. The molecule has 0 radical (unpaired) electrons. The molecule has 0 aliphatic rings. The third kappa shape index (κ3) is 3.37. The number of nitrogens with zero attached hydrogens (tertiary/aromatic N) is 2. The predicted octanol–water partition coefficient (Wildman–Crippen LogP) is 1.67. The fourth-order valence-electron chi connectivity index (χ4n) is 1.87. The molecule has 0 amide bonds. The van der Waals surface area contributed by atoms with Gasteiger partial charge >= 0.3 is 0 Å². The number of rotatable bonds is 5. The summed E-state index contributed by atoms with van der Waals surface area (Å²) < 4.78 is 39.4. The minimum atomic E-state index is -3.81. The Morgan fingerprint density at radius 2 is 1.90 bits per heavy atom. The Hall–Kier alpha value is -1.99. The molecule has 0 atom stereocenters. The standard InChI is InChI=1S/C14H16FN3O2S/c1-18(10-7-11-5-8-17-9-6-11)21(19,20)13-4-2-3-12(15)14(13)16/h2-6,8-9H,7,10,16H2,1H3. The van der Waals surface area contributed by atoms with Gasteiger partial charge in [-0.1, -0.05) is 6.07 Å². The van der Waals surface area contributed by atoms with Gasteiger partial charge in [0.05, 0.1) is 5.69 Å². The predicted molar refractivity (Wildman–Crippen MR) is 78.6 cm³/mol. The Bertz CT molecular complexity index is 720. The minimum Gasteiger partial charge on any atom is -0.395 e. The molecule has 112 valence electrons. The second kappa shape index (κ2) is 6.19. The second-order valence-electron chi connectivity index (χ2n) is 4.58. The van der Waals surface area contributed by atoms with Crippen molar-refractivity contribution in [3.8, 4) is 0 Å². The molecular formula is C14H16FN3O2S. The lowest BCUT2D eigenvalue weighted by atomic mass is 10.2. The van der Waals surface area contributed by atoms with Crippen LogP contribution in [0.25, 0.3) is 0 Å². The molecule has 1 aromatic carbocycles. The number of likely N-dealkylation sites (N-methyl/N-ethyl adjacent to an activating group) is 1. The van der Waals surface area contributed by atoms with Crippen LogP contribution in [-0.2, 0) is 16.4 Å². The summed E-state index contributed by atoms with van der Waals surface area (Å²) in [7, 11) is -2.36. The van der Waals surface area contributed by atoms with E-state index in [1.54, 1.807) is 12.4 Å². The number of nitrogens with two attached hydrogens (primary N) is 1. The summed E-state index contributed by atoms with van der Waals surface area (Å²) in [5.41, 5.74) is 6.14. The molecule has 0 saturated heterocycles. The number of pyridine rings is 1. The number of hydrogen-bond acceptors (Lipinski definition) is 4.